The second kappa shape index (κ2) is 8.75. The molecule has 0 unspecified atom stereocenters. The van der Waals surface area contributed by atoms with Gasteiger partial charge in [-0.15, -0.1) is 0 Å². The average molecular weight is 358 g/mol. The summed E-state index contributed by atoms with van der Waals surface area (Å²) in [5.41, 5.74) is 1.16. The van der Waals surface area contributed by atoms with Crippen molar-refractivity contribution in [2.24, 2.45) is 0 Å². The van der Waals surface area contributed by atoms with Gasteiger partial charge in [0.05, 0.1) is 21.3 Å². The van der Waals surface area contributed by atoms with Crippen LogP contribution < -0.4 is 24.4 Å². The van der Waals surface area contributed by atoms with Crippen LogP contribution in [-0.4, -0.2) is 40.2 Å². The molecule has 0 heterocycles. The van der Waals surface area contributed by atoms with E-state index in [1.807, 2.05) is 18.2 Å². The molecule has 0 fully saturated rings. The van der Waals surface area contributed by atoms with E-state index in [-0.39, 0.29) is 12.3 Å². The summed E-state index contributed by atoms with van der Waals surface area (Å²) in [6.07, 6.45) is -0.290. The first-order chi connectivity index (χ1) is 12.5. The monoisotopic (exact) mass is 358 g/mol. The van der Waals surface area contributed by atoms with E-state index in [0.717, 1.165) is 5.69 Å². The number of carbonyl (C=O) groups excluding carboxylic acids is 2. The molecule has 2 aromatic rings. The number of anilines is 2. The third-order valence-corrected chi connectivity index (χ3v) is 3.78. The van der Waals surface area contributed by atoms with Crippen molar-refractivity contribution >= 4 is 23.2 Å². The van der Waals surface area contributed by atoms with Crippen LogP contribution in [-0.2, 0) is 9.59 Å². The van der Waals surface area contributed by atoms with E-state index in [9.17, 15) is 9.59 Å². The Morgan fingerprint density at radius 2 is 1.54 bits per heavy atom. The van der Waals surface area contributed by atoms with Crippen LogP contribution >= 0.6 is 0 Å². The highest BCUT2D eigenvalue weighted by molar-refractivity contribution is 6.09. The summed E-state index contributed by atoms with van der Waals surface area (Å²) in [4.78, 5) is 26.0. The molecule has 2 amide bonds. The molecule has 0 aliphatic carbocycles. The molecule has 1 N–H and O–H groups in total. The van der Waals surface area contributed by atoms with Gasteiger partial charge in [0.2, 0.25) is 17.6 Å². The summed E-state index contributed by atoms with van der Waals surface area (Å²) in [7, 11) is 6.10. The van der Waals surface area contributed by atoms with Crippen LogP contribution in [0.3, 0.4) is 0 Å². The van der Waals surface area contributed by atoms with Crippen molar-refractivity contribution in [2.75, 3.05) is 38.6 Å². The molecule has 0 saturated carbocycles. The largest absolute Gasteiger partial charge is 0.493 e. The fourth-order valence-corrected chi connectivity index (χ4v) is 2.41. The lowest BCUT2D eigenvalue weighted by Gasteiger charge is -2.17. The van der Waals surface area contributed by atoms with E-state index in [4.69, 9.17) is 14.2 Å². The Bertz CT molecular complexity index is 752. The van der Waals surface area contributed by atoms with Gasteiger partial charge in [-0.25, -0.2) is 0 Å². The van der Waals surface area contributed by atoms with Crippen molar-refractivity contribution in [3.63, 3.8) is 0 Å². The molecule has 7 nitrogen and oxygen atoms in total. The van der Waals surface area contributed by atoms with Crippen LogP contribution in [0.15, 0.2) is 42.5 Å². The van der Waals surface area contributed by atoms with Crippen molar-refractivity contribution in [1.82, 2.24) is 0 Å². The summed E-state index contributed by atoms with van der Waals surface area (Å²) in [5.74, 6) is 0.492. The second-order valence-corrected chi connectivity index (χ2v) is 5.43. The molecule has 0 radical (unpaired) electrons. The minimum Gasteiger partial charge on any atom is -0.493 e. The van der Waals surface area contributed by atoms with Crippen molar-refractivity contribution in [3.05, 3.63) is 42.5 Å². The maximum atomic E-state index is 12.3. The standard InChI is InChI=1S/C19H22N2O5/c1-21(14-8-6-5-7-9-14)18(23)12-17(22)20-13-10-15(24-2)19(26-4)16(11-13)25-3/h5-11H,12H2,1-4H3,(H,20,22). The van der Waals surface area contributed by atoms with Crippen molar-refractivity contribution < 1.29 is 23.8 Å². The zero-order chi connectivity index (χ0) is 19.1. The quantitative estimate of drug-likeness (QED) is 0.770. The van der Waals surface area contributed by atoms with E-state index in [0.29, 0.717) is 22.9 Å². The van der Waals surface area contributed by atoms with Gasteiger partial charge in [0.1, 0.15) is 6.42 Å². The molecule has 0 aromatic heterocycles. The van der Waals surface area contributed by atoms with Gasteiger partial charge < -0.3 is 24.4 Å². The van der Waals surface area contributed by atoms with E-state index in [1.165, 1.54) is 26.2 Å². The lowest BCUT2D eigenvalue weighted by atomic mass is 10.2. The van der Waals surface area contributed by atoms with Gasteiger partial charge in [0, 0.05) is 30.6 Å². The molecule has 0 atom stereocenters. The normalized spacial score (nSPS) is 10.0. The Kier molecular flexibility index (Phi) is 6.43. The van der Waals surface area contributed by atoms with Crippen LogP contribution in [0.4, 0.5) is 11.4 Å². The van der Waals surface area contributed by atoms with Gasteiger partial charge in [0.25, 0.3) is 0 Å². The molecule has 138 valence electrons. The molecule has 7 heteroatoms. The molecule has 26 heavy (non-hydrogen) atoms. The van der Waals surface area contributed by atoms with Gasteiger partial charge in [-0.05, 0) is 12.1 Å². The highest BCUT2D eigenvalue weighted by atomic mass is 16.5. The van der Waals surface area contributed by atoms with Crippen LogP contribution in [0.1, 0.15) is 6.42 Å². The summed E-state index contributed by atoms with van der Waals surface area (Å²) in [6.45, 7) is 0. The Morgan fingerprint density at radius 1 is 0.962 bits per heavy atom. The first-order valence-electron chi connectivity index (χ1n) is 7.91. The minimum atomic E-state index is -0.438. The highest BCUT2D eigenvalue weighted by Gasteiger charge is 2.18. The minimum absolute atomic E-state index is 0.290. The van der Waals surface area contributed by atoms with E-state index < -0.39 is 5.91 Å². The number of hydrogen-bond acceptors (Lipinski definition) is 5. The second-order valence-electron chi connectivity index (χ2n) is 5.43. The first kappa shape index (κ1) is 19.1. The van der Waals surface area contributed by atoms with Gasteiger partial charge in [-0.2, -0.15) is 0 Å². The Labute approximate surface area is 152 Å². The predicted octanol–water partition coefficient (Wildman–Crippen LogP) is 2.70. The number of nitrogens with one attached hydrogen (secondary N) is 1. The molecular weight excluding hydrogens is 336 g/mol. The number of amides is 2. The third kappa shape index (κ3) is 4.44. The topological polar surface area (TPSA) is 77.1 Å². The lowest BCUT2D eigenvalue weighted by molar-refractivity contribution is -0.125. The number of ether oxygens (including phenoxy) is 3. The summed E-state index contributed by atoms with van der Waals surface area (Å²) < 4.78 is 15.7. The molecule has 0 aliphatic rings. The SMILES string of the molecule is COc1cc(NC(=O)CC(=O)N(C)c2ccccc2)cc(OC)c1OC. The van der Waals surface area contributed by atoms with Crippen molar-refractivity contribution in [1.29, 1.82) is 0 Å². The van der Waals surface area contributed by atoms with E-state index >= 15 is 0 Å². The van der Waals surface area contributed by atoms with Gasteiger partial charge in [0.15, 0.2) is 11.5 Å². The number of para-hydroxylation sites is 1. The molecular formula is C19H22N2O5. The van der Waals surface area contributed by atoms with Crippen LogP contribution in [0.5, 0.6) is 17.2 Å². The van der Waals surface area contributed by atoms with Crippen LogP contribution in [0, 0.1) is 0 Å². The molecule has 2 aromatic carbocycles. The zero-order valence-corrected chi connectivity index (χ0v) is 15.2. The maximum absolute atomic E-state index is 12.3. The summed E-state index contributed by atoms with van der Waals surface area (Å²) in [6, 6.07) is 12.3. The van der Waals surface area contributed by atoms with Gasteiger partial charge >= 0.3 is 0 Å². The third-order valence-electron chi connectivity index (χ3n) is 3.78. The van der Waals surface area contributed by atoms with Crippen molar-refractivity contribution in [2.45, 2.75) is 6.42 Å². The number of benzene rings is 2. The smallest absolute Gasteiger partial charge is 0.236 e. The van der Waals surface area contributed by atoms with E-state index in [1.54, 1.807) is 31.3 Å². The molecule has 0 spiro atoms. The first-order valence-corrected chi connectivity index (χ1v) is 7.91. The Balaban J connectivity index is 2.09. The molecule has 2 rings (SSSR count). The Hall–Kier alpha value is -3.22. The highest BCUT2D eigenvalue weighted by Crippen LogP contribution is 2.39. The van der Waals surface area contributed by atoms with E-state index in [2.05, 4.69) is 5.32 Å². The fourth-order valence-electron chi connectivity index (χ4n) is 2.41. The van der Waals surface area contributed by atoms with Crippen LogP contribution in [0.2, 0.25) is 0 Å². The van der Waals surface area contributed by atoms with Crippen LogP contribution in [0.25, 0.3) is 0 Å². The fraction of sp³-hybridized carbons (Fsp3) is 0.263. The number of carbonyl (C=O) groups is 2. The molecule has 0 aliphatic heterocycles. The Morgan fingerprint density at radius 3 is 2.04 bits per heavy atom. The molecule has 0 saturated heterocycles. The summed E-state index contributed by atoms with van der Waals surface area (Å²) in [5, 5.41) is 2.68. The predicted molar refractivity (Wildman–Crippen MR) is 99.2 cm³/mol. The van der Waals surface area contributed by atoms with Gasteiger partial charge in [-0.1, -0.05) is 18.2 Å². The zero-order valence-electron chi connectivity index (χ0n) is 15.2. The lowest BCUT2D eigenvalue weighted by Crippen LogP contribution is -2.30. The number of hydrogen-bond donors (Lipinski definition) is 1. The van der Waals surface area contributed by atoms with Gasteiger partial charge in [-0.3, -0.25) is 9.59 Å². The average Bonchev–Trinajstić information content (AvgIpc) is 2.66. The maximum Gasteiger partial charge on any atom is 0.236 e. The number of nitrogens with zero attached hydrogens (tertiary/aromatic N) is 1. The summed E-state index contributed by atoms with van der Waals surface area (Å²) >= 11 is 0. The molecule has 0 bridgehead atoms. The number of rotatable bonds is 7. The van der Waals surface area contributed by atoms with Crippen molar-refractivity contribution in [3.8, 4) is 17.2 Å². The number of methoxy groups -OCH3 is 3.